The molecule has 0 atom stereocenters. The Morgan fingerprint density at radius 1 is 0.333 bits per heavy atom. The molecular formula is C5H10N15Ta. The first-order valence-corrected chi connectivity index (χ1v) is 4.50. The fraction of sp³-hybridized carbons (Fsp3) is 1.00. The summed E-state index contributed by atoms with van der Waals surface area (Å²) in [6.45, 7) is 0. The first-order chi connectivity index (χ1) is 9.57. The molecule has 21 heavy (non-hydrogen) atoms. The van der Waals surface area contributed by atoms with E-state index in [0.29, 0.717) is 0 Å². The van der Waals surface area contributed by atoms with Gasteiger partial charge >= 0.3 is 22.4 Å². The van der Waals surface area contributed by atoms with Crippen molar-refractivity contribution in [2.24, 2.45) is 0 Å². The van der Waals surface area contributed by atoms with E-state index < -0.39 is 0 Å². The summed E-state index contributed by atoms with van der Waals surface area (Å²) in [7, 11) is 0. The van der Waals surface area contributed by atoms with E-state index >= 15 is 0 Å². The van der Waals surface area contributed by atoms with Crippen LogP contribution in [0, 0.1) is 0 Å². The Labute approximate surface area is 134 Å². The fourth-order valence-corrected chi connectivity index (χ4v) is 0.884. The molecular weight excluding hydrogens is 451 g/mol. The van der Waals surface area contributed by atoms with Crippen LogP contribution in [0.1, 0.15) is 32.1 Å². The molecule has 0 amide bonds. The summed E-state index contributed by atoms with van der Waals surface area (Å²) in [5.41, 5.74) is 67.5. The second-order valence-electron chi connectivity index (χ2n) is 2.21. The minimum Gasteiger partial charge on any atom is -0.373 e. The first kappa shape index (κ1) is 36.2. The van der Waals surface area contributed by atoms with Gasteiger partial charge in [0, 0.05) is 0 Å². The Morgan fingerprint density at radius 3 is 0.429 bits per heavy atom. The van der Waals surface area contributed by atoms with Crippen molar-refractivity contribution in [3.63, 3.8) is 0 Å². The smallest absolute Gasteiger partial charge is 0.373 e. The zero-order valence-corrected chi connectivity index (χ0v) is 13.9. The molecule has 0 saturated heterocycles. The molecule has 0 N–H and O–H groups in total. The summed E-state index contributed by atoms with van der Waals surface area (Å²) in [6, 6.07) is 0. The zero-order valence-electron chi connectivity index (χ0n) is 10.7. The Kier molecular flexibility index (Phi) is 149. The van der Waals surface area contributed by atoms with Crippen LogP contribution in [0.15, 0.2) is 0 Å². The standard InChI is InChI=1S/C5H10.5N3.Ta/c1-2-4-5-3-1;5*1-3-2;/h1-5H2;;;;;;/q;5*-1;+5. The third-order valence-electron chi connectivity index (χ3n) is 1.25. The average Bonchev–Trinajstić information content (AvgIpc) is 2.91. The van der Waals surface area contributed by atoms with Gasteiger partial charge in [-0.2, -0.15) is 0 Å². The van der Waals surface area contributed by atoms with Gasteiger partial charge in [0.2, 0.25) is 0 Å². The fourth-order valence-electron chi connectivity index (χ4n) is 0.884. The van der Waals surface area contributed by atoms with E-state index in [1.54, 1.807) is 0 Å². The predicted molar refractivity (Wildman–Crippen MR) is 73.5 cm³/mol. The van der Waals surface area contributed by atoms with Gasteiger partial charge < -0.3 is 55.3 Å². The van der Waals surface area contributed by atoms with Crippen molar-refractivity contribution in [1.29, 1.82) is 0 Å². The molecule has 0 heterocycles. The third kappa shape index (κ3) is 771. The molecule has 0 aliphatic heterocycles. The van der Waals surface area contributed by atoms with Gasteiger partial charge in [-0.05, 0) is 0 Å². The van der Waals surface area contributed by atoms with Crippen LogP contribution in [0.4, 0.5) is 0 Å². The van der Waals surface area contributed by atoms with Crippen molar-refractivity contribution >= 4 is 0 Å². The van der Waals surface area contributed by atoms with Gasteiger partial charge in [0.15, 0.2) is 0 Å². The molecule has 16 heteroatoms. The van der Waals surface area contributed by atoms with Crippen molar-refractivity contribution in [2.75, 3.05) is 0 Å². The largest absolute Gasteiger partial charge is 5.00 e. The second kappa shape index (κ2) is 86.3. The van der Waals surface area contributed by atoms with Crippen LogP contribution in [-0.4, -0.2) is 0 Å². The van der Waals surface area contributed by atoms with E-state index in [-0.39, 0.29) is 22.4 Å². The molecule has 1 aliphatic carbocycles. The maximum Gasteiger partial charge on any atom is 5.00 e. The van der Waals surface area contributed by atoms with Crippen LogP contribution >= 0.6 is 0 Å². The van der Waals surface area contributed by atoms with Crippen molar-refractivity contribution in [2.45, 2.75) is 32.1 Å². The minimum absolute atomic E-state index is 0. The van der Waals surface area contributed by atoms with Crippen LogP contribution in [-0.2, 0) is 22.4 Å². The van der Waals surface area contributed by atoms with Crippen LogP contribution < -0.4 is 0 Å². The topological polar surface area (TPSA) is 294 Å². The van der Waals surface area contributed by atoms with Gasteiger partial charge in [0.1, 0.15) is 0 Å². The summed E-state index contributed by atoms with van der Waals surface area (Å²) >= 11 is 0. The van der Waals surface area contributed by atoms with Crippen LogP contribution in [0.5, 0.6) is 0 Å². The van der Waals surface area contributed by atoms with Gasteiger partial charge in [0.25, 0.3) is 0 Å². The molecule has 0 unspecified atom stereocenters. The summed E-state index contributed by atoms with van der Waals surface area (Å²) in [6.07, 6.45) is 7.50. The third-order valence-corrected chi connectivity index (χ3v) is 1.25. The normalized spacial score (nSPS) is 7.62. The van der Waals surface area contributed by atoms with Gasteiger partial charge in [-0.25, -0.2) is 0 Å². The molecule has 1 aliphatic rings. The zero-order chi connectivity index (χ0) is 17.1. The van der Waals surface area contributed by atoms with Gasteiger partial charge in [-0.1, -0.05) is 32.1 Å². The number of hydrogen-bond donors (Lipinski definition) is 0. The SMILES string of the molecule is C1CCCC1.[N-]=[N+]=[N-].[N-]=[N+]=[N-].[N-]=[N+]=[N-].[N-]=[N+]=[N-].[N-]=[N+]=[N-].[Ta+5]. The van der Waals surface area contributed by atoms with E-state index in [0.717, 1.165) is 0 Å². The van der Waals surface area contributed by atoms with Crippen LogP contribution in [0.25, 0.3) is 79.9 Å². The van der Waals surface area contributed by atoms with Crippen molar-refractivity contribution in [1.82, 2.24) is 0 Å². The number of nitrogens with zero attached hydrogens (tertiary/aromatic N) is 15. The van der Waals surface area contributed by atoms with E-state index in [2.05, 4.69) is 0 Å². The molecule has 0 aromatic carbocycles. The molecule has 0 aromatic rings. The Hall–Kier alpha value is -2.71. The summed E-state index contributed by atoms with van der Waals surface area (Å²) < 4.78 is 0. The molecule has 1 rings (SSSR count). The monoisotopic (exact) mass is 461 g/mol. The van der Waals surface area contributed by atoms with Crippen LogP contribution in [0.3, 0.4) is 0 Å². The molecule has 110 valence electrons. The molecule has 0 aromatic heterocycles. The van der Waals surface area contributed by atoms with Crippen LogP contribution in [0.2, 0.25) is 0 Å². The maximum absolute atomic E-state index is 6.75. The first-order valence-electron chi connectivity index (χ1n) is 4.50. The summed E-state index contributed by atoms with van der Waals surface area (Å²) in [5.74, 6) is 0. The molecule has 0 spiro atoms. The molecule has 0 bridgehead atoms. The maximum atomic E-state index is 6.75. The molecule has 15 nitrogen and oxygen atoms in total. The average molecular weight is 461 g/mol. The predicted octanol–water partition coefficient (Wildman–Crippen LogP) is 6.28. The molecule has 0 radical (unpaired) electrons. The summed E-state index contributed by atoms with van der Waals surface area (Å²) in [4.78, 5) is 7.50. The van der Waals surface area contributed by atoms with E-state index in [4.69, 9.17) is 55.3 Å². The van der Waals surface area contributed by atoms with E-state index in [9.17, 15) is 0 Å². The summed E-state index contributed by atoms with van der Waals surface area (Å²) in [5, 5.41) is 0. The van der Waals surface area contributed by atoms with Gasteiger partial charge in [-0.15, -0.1) is 0 Å². The second-order valence-corrected chi connectivity index (χ2v) is 2.21. The Balaban J connectivity index is -0.0000000326. The minimum atomic E-state index is 0. The quantitative estimate of drug-likeness (QED) is 0.218. The number of hydrogen-bond acceptors (Lipinski definition) is 0. The van der Waals surface area contributed by atoms with Gasteiger partial charge in [0.05, 0.1) is 0 Å². The molecule has 1 saturated carbocycles. The Morgan fingerprint density at radius 2 is 0.381 bits per heavy atom. The molecule has 1 fully saturated rings. The Bertz CT molecular complexity index is 250. The number of rotatable bonds is 0. The van der Waals surface area contributed by atoms with E-state index in [1.807, 2.05) is 0 Å². The van der Waals surface area contributed by atoms with Crippen molar-refractivity contribution in [3.05, 3.63) is 79.9 Å². The van der Waals surface area contributed by atoms with Gasteiger partial charge in [-0.3, -0.25) is 24.6 Å². The van der Waals surface area contributed by atoms with Crippen molar-refractivity contribution in [3.8, 4) is 0 Å². The van der Waals surface area contributed by atoms with Crippen molar-refractivity contribution < 1.29 is 22.4 Å². The van der Waals surface area contributed by atoms with E-state index in [1.165, 1.54) is 56.7 Å².